The smallest absolute Gasteiger partial charge is 0.147 e. The molecule has 2 aromatic heterocycles. The number of nitrogens with zero attached hydrogens (tertiary/aromatic N) is 6. The van der Waals surface area contributed by atoms with E-state index in [1.807, 2.05) is 10.9 Å². The van der Waals surface area contributed by atoms with Crippen molar-refractivity contribution < 1.29 is 0 Å². The van der Waals surface area contributed by atoms with Gasteiger partial charge in [0, 0.05) is 24.3 Å². The van der Waals surface area contributed by atoms with Gasteiger partial charge in [-0.2, -0.15) is 5.10 Å². The molecule has 0 fully saturated rings. The Bertz CT molecular complexity index is 830. The lowest BCUT2D eigenvalue weighted by molar-refractivity contribution is 0.302. The number of hydrogen-bond acceptors (Lipinski definition) is 4. The van der Waals surface area contributed by atoms with Crippen molar-refractivity contribution >= 4 is 0 Å². The van der Waals surface area contributed by atoms with Gasteiger partial charge in [-0.1, -0.05) is 25.5 Å². The SMILES string of the molecule is CCCCc1ccc(-n2cc(CN(C)Cc3nncn3C(C)C)cn2)cc1. The summed E-state index contributed by atoms with van der Waals surface area (Å²) < 4.78 is 4.06. The summed E-state index contributed by atoms with van der Waals surface area (Å²) in [6.07, 6.45) is 9.45. The first-order chi connectivity index (χ1) is 13.1. The molecule has 27 heavy (non-hydrogen) atoms. The molecule has 0 aliphatic carbocycles. The topological polar surface area (TPSA) is 51.8 Å². The van der Waals surface area contributed by atoms with Crippen molar-refractivity contribution in [3.63, 3.8) is 0 Å². The fourth-order valence-electron chi connectivity index (χ4n) is 3.20. The minimum Gasteiger partial charge on any atom is -0.314 e. The van der Waals surface area contributed by atoms with Crippen LogP contribution >= 0.6 is 0 Å². The molecule has 0 saturated heterocycles. The maximum absolute atomic E-state index is 4.53. The van der Waals surface area contributed by atoms with Crippen LogP contribution in [0.2, 0.25) is 0 Å². The molecule has 2 heterocycles. The Morgan fingerprint density at radius 1 is 1.07 bits per heavy atom. The van der Waals surface area contributed by atoms with Crippen LogP contribution in [-0.4, -0.2) is 36.5 Å². The molecule has 0 aliphatic rings. The first-order valence-corrected chi connectivity index (χ1v) is 9.76. The summed E-state index contributed by atoms with van der Waals surface area (Å²) in [7, 11) is 2.10. The zero-order chi connectivity index (χ0) is 19.2. The molecular formula is C21H30N6. The third-order valence-electron chi connectivity index (χ3n) is 4.72. The van der Waals surface area contributed by atoms with Gasteiger partial charge in [-0.25, -0.2) is 4.68 Å². The highest BCUT2D eigenvalue weighted by Crippen LogP contribution is 2.14. The Balaban J connectivity index is 1.61. The molecule has 144 valence electrons. The van der Waals surface area contributed by atoms with Crippen LogP contribution in [0.15, 0.2) is 43.0 Å². The van der Waals surface area contributed by atoms with Crippen molar-refractivity contribution in [3.8, 4) is 5.69 Å². The molecule has 3 aromatic rings. The Morgan fingerprint density at radius 2 is 1.85 bits per heavy atom. The number of benzene rings is 1. The van der Waals surface area contributed by atoms with Crippen LogP contribution in [0.25, 0.3) is 5.69 Å². The molecule has 0 aliphatic heterocycles. The van der Waals surface area contributed by atoms with E-state index in [1.165, 1.54) is 24.0 Å². The van der Waals surface area contributed by atoms with Crippen LogP contribution < -0.4 is 0 Å². The molecule has 0 spiro atoms. The number of unbranched alkanes of at least 4 members (excludes halogenated alkanes) is 1. The molecule has 6 heteroatoms. The molecule has 6 nitrogen and oxygen atoms in total. The van der Waals surface area contributed by atoms with E-state index in [-0.39, 0.29) is 0 Å². The van der Waals surface area contributed by atoms with E-state index >= 15 is 0 Å². The van der Waals surface area contributed by atoms with E-state index in [1.54, 1.807) is 6.33 Å². The average molecular weight is 367 g/mol. The second-order valence-electron chi connectivity index (χ2n) is 7.48. The van der Waals surface area contributed by atoms with Gasteiger partial charge in [0.15, 0.2) is 0 Å². The highest BCUT2D eigenvalue weighted by Gasteiger charge is 2.11. The standard InChI is InChI=1S/C21H30N6/c1-5-6-7-18-8-10-20(11-9-18)27-14-19(12-23-27)13-25(4)15-21-24-22-16-26(21)17(2)3/h8-12,14,16-17H,5-7,13,15H2,1-4H3. The highest BCUT2D eigenvalue weighted by atomic mass is 15.3. The van der Waals surface area contributed by atoms with Crippen LogP contribution in [0.4, 0.5) is 0 Å². The molecular weight excluding hydrogens is 336 g/mol. The van der Waals surface area contributed by atoms with Crippen molar-refractivity contribution in [3.05, 3.63) is 59.9 Å². The molecule has 0 unspecified atom stereocenters. The van der Waals surface area contributed by atoms with Gasteiger partial charge in [-0.15, -0.1) is 10.2 Å². The molecule has 0 bridgehead atoms. The van der Waals surface area contributed by atoms with E-state index in [4.69, 9.17) is 0 Å². The van der Waals surface area contributed by atoms with Crippen molar-refractivity contribution in [1.29, 1.82) is 0 Å². The molecule has 0 radical (unpaired) electrons. The molecule has 0 N–H and O–H groups in total. The monoisotopic (exact) mass is 366 g/mol. The van der Waals surface area contributed by atoms with Gasteiger partial charge >= 0.3 is 0 Å². The van der Waals surface area contributed by atoms with E-state index in [9.17, 15) is 0 Å². The largest absolute Gasteiger partial charge is 0.314 e. The van der Waals surface area contributed by atoms with Gasteiger partial charge in [-0.05, 0) is 51.4 Å². The second kappa shape index (κ2) is 8.95. The molecule has 3 rings (SSSR count). The summed E-state index contributed by atoms with van der Waals surface area (Å²) >= 11 is 0. The van der Waals surface area contributed by atoms with E-state index in [2.05, 4.69) is 83.0 Å². The van der Waals surface area contributed by atoms with Crippen molar-refractivity contribution in [2.45, 2.75) is 59.2 Å². The van der Waals surface area contributed by atoms with Crippen LogP contribution in [-0.2, 0) is 19.5 Å². The Labute approximate surface area is 161 Å². The fourth-order valence-corrected chi connectivity index (χ4v) is 3.20. The van der Waals surface area contributed by atoms with Crippen LogP contribution in [0, 0.1) is 0 Å². The minimum atomic E-state index is 0.367. The lowest BCUT2D eigenvalue weighted by atomic mass is 10.1. The third kappa shape index (κ3) is 5.04. The summed E-state index contributed by atoms with van der Waals surface area (Å²) in [5, 5.41) is 12.8. The highest BCUT2D eigenvalue weighted by molar-refractivity contribution is 5.34. The predicted molar refractivity (Wildman–Crippen MR) is 108 cm³/mol. The van der Waals surface area contributed by atoms with Crippen molar-refractivity contribution in [2.75, 3.05) is 7.05 Å². The Morgan fingerprint density at radius 3 is 2.56 bits per heavy atom. The van der Waals surface area contributed by atoms with Gasteiger partial charge in [0.2, 0.25) is 0 Å². The number of aromatic nitrogens is 5. The number of hydrogen-bond donors (Lipinski definition) is 0. The Hall–Kier alpha value is -2.47. The minimum absolute atomic E-state index is 0.367. The molecule has 0 amide bonds. The Kier molecular flexibility index (Phi) is 6.40. The first kappa shape index (κ1) is 19.3. The second-order valence-corrected chi connectivity index (χ2v) is 7.48. The predicted octanol–water partition coefficient (Wildman–Crippen LogP) is 4.02. The van der Waals surface area contributed by atoms with Crippen LogP contribution in [0.5, 0.6) is 0 Å². The van der Waals surface area contributed by atoms with Crippen LogP contribution in [0.1, 0.15) is 56.6 Å². The zero-order valence-electron chi connectivity index (χ0n) is 16.8. The molecule has 0 saturated carbocycles. The van der Waals surface area contributed by atoms with E-state index in [0.29, 0.717) is 6.04 Å². The van der Waals surface area contributed by atoms with Gasteiger partial charge in [-0.3, -0.25) is 4.90 Å². The van der Waals surface area contributed by atoms with Gasteiger partial charge < -0.3 is 4.57 Å². The van der Waals surface area contributed by atoms with E-state index < -0.39 is 0 Å². The summed E-state index contributed by atoms with van der Waals surface area (Å²) in [5.41, 5.74) is 3.67. The maximum atomic E-state index is 4.53. The summed E-state index contributed by atoms with van der Waals surface area (Å²) in [6, 6.07) is 9.08. The normalized spacial score (nSPS) is 11.6. The van der Waals surface area contributed by atoms with Gasteiger partial charge in [0.1, 0.15) is 12.2 Å². The lowest BCUT2D eigenvalue weighted by Gasteiger charge is -2.17. The third-order valence-corrected chi connectivity index (χ3v) is 4.72. The molecule has 1 aromatic carbocycles. The number of aryl methyl sites for hydroxylation is 1. The summed E-state index contributed by atoms with van der Waals surface area (Å²) in [5.74, 6) is 0.988. The zero-order valence-corrected chi connectivity index (χ0v) is 16.8. The van der Waals surface area contributed by atoms with Gasteiger partial charge in [0.05, 0.1) is 18.4 Å². The van der Waals surface area contributed by atoms with Gasteiger partial charge in [0.25, 0.3) is 0 Å². The average Bonchev–Trinajstić information content (AvgIpc) is 3.30. The van der Waals surface area contributed by atoms with Crippen LogP contribution in [0.3, 0.4) is 0 Å². The van der Waals surface area contributed by atoms with Crippen molar-refractivity contribution in [2.24, 2.45) is 0 Å². The van der Waals surface area contributed by atoms with Crippen molar-refractivity contribution in [1.82, 2.24) is 29.4 Å². The quantitative estimate of drug-likeness (QED) is 0.574. The number of rotatable bonds is 9. The van der Waals surface area contributed by atoms with E-state index in [0.717, 1.165) is 31.0 Å². The maximum Gasteiger partial charge on any atom is 0.147 e. The lowest BCUT2D eigenvalue weighted by Crippen LogP contribution is -2.20. The first-order valence-electron chi connectivity index (χ1n) is 9.76. The fraction of sp³-hybridized carbons (Fsp3) is 0.476. The summed E-state index contributed by atoms with van der Waals surface area (Å²) in [4.78, 5) is 2.23. The summed E-state index contributed by atoms with van der Waals surface area (Å²) in [6.45, 7) is 8.09. The molecule has 0 atom stereocenters.